The Bertz CT molecular complexity index is 230. The molecule has 1 unspecified atom stereocenters. The Hall–Kier alpha value is 0.559. The molecule has 1 N–H and O–H groups in total. The molecular weight excluding hydrogens is 397 g/mol. The minimum atomic E-state index is -0.718. The molecule has 0 spiro atoms. The molecule has 1 rings (SSSR count). The van der Waals surface area contributed by atoms with Gasteiger partial charge in [0, 0.05) is 29.3 Å². The van der Waals surface area contributed by atoms with Crippen LogP contribution in [0.3, 0.4) is 0 Å². The van der Waals surface area contributed by atoms with Gasteiger partial charge < -0.3 is 5.11 Å². The van der Waals surface area contributed by atoms with Crippen molar-refractivity contribution in [2.24, 2.45) is 4.99 Å². The molecule has 0 amide bonds. The minimum absolute atomic E-state index is 0. The summed E-state index contributed by atoms with van der Waals surface area (Å²) in [6, 6.07) is 0. The standard InChI is InChI=1S/C6H9NOS.3C4H10.Sn/c1-6(2,8)5-7-3-4-9-5;3*1-3-4-2;/h4-5,8H,1-2H3;3*3-4H2,1-2H3;. The van der Waals surface area contributed by atoms with Gasteiger partial charge in [-0.1, -0.05) is 91.8 Å². The average molecular weight is 436 g/mol. The maximum Gasteiger partial charge on any atom is 0.137 e. The molecule has 2 nitrogen and oxygen atoms in total. The first-order valence-corrected chi connectivity index (χ1v) is 9.44. The van der Waals surface area contributed by atoms with E-state index >= 15 is 0 Å². The third-order valence-corrected chi connectivity index (χ3v) is 3.73. The summed E-state index contributed by atoms with van der Waals surface area (Å²) >= 11 is 1.50. The van der Waals surface area contributed by atoms with Crippen molar-refractivity contribution in [1.82, 2.24) is 0 Å². The zero-order valence-electron chi connectivity index (χ0n) is 16.2. The largest absolute Gasteiger partial charge is 0.387 e. The van der Waals surface area contributed by atoms with Gasteiger partial charge in [0.1, 0.15) is 5.37 Å². The van der Waals surface area contributed by atoms with E-state index in [-0.39, 0.29) is 29.3 Å². The SMILES string of the molecule is CC(C)(O)C1N=C=CS1.CCCC.CCCC.CCCC.[Sn]. The van der Waals surface area contributed by atoms with E-state index < -0.39 is 5.60 Å². The van der Waals surface area contributed by atoms with Crippen molar-refractivity contribution in [1.29, 1.82) is 0 Å². The van der Waals surface area contributed by atoms with Gasteiger partial charge in [-0.05, 0) is 19.7 Å². The first kappa shape index (κ1) is 30.4. The molecule has 132 valence electrons. The van der Waals surface area contributed by atoms with Crippen molar-refractivity contribution in [2.75, 3.05) is 0 Å². The zero-order chi connectivity index (χ0) is 17.1. The predicted molar refractivity (Wildman–Crippen MR) is 107 cm³/mol. The molecule has 0 saturated heterocycles. The van der Waals surface area contributed by atoms with E-state index in [1.165, 1.54) is 50.3 Å². The maximum atomic E-state index is 9.34. The average Bonchev–Trinajstić information content (AvgIpc) is 3.02. The van der Waals surface area contributed by atoms with Crippen LogP contribution in [-0.4, -0.2) is 45.9 Å². The molecule has 0 fully saturated rings. The first-order valence-electron chi connectivity index (χ1n) is 8.50. The monoisotopic (exact) mass is 437 g/mol. The van der Waals surface area contributed by atoms with Crippen LogP contribution in [0, 0.1) is 0 Å². The Kier molecular flexibility index (Phi) is 33.0. The molecule has 4 radical (unpaired) electrons. The Morgan fingerprint density at radius 2 is 1.23 bits per heavy atom. The Labute approximate surface area is 161 Å². The van der Waals surface area contributed by atoms with Crippen LogP contribution in [0.25, 0.3) is 0 Å². The van der Waals surface area contributed by atoms with Gasteiger partial charge in [-0.3, -0.25) is 0 Å². The van der Waals surface area contributed by atoms with E-state index in [0.717, 1.165) is 0 Å². The summed E-state index contributed by atoms with van der Waals surface area (Å²) in [7, 11) is 0. The molecule has 0 aromatic heterocycles. The van der Waals surface area contributed by atoms with Crippen molar-refractivity contribution in [3.8, 4) is 0 Å². The molecule has 0 bridgehead atoms. The number of rotatable bonds is 4. The third-order valence-electron chi connectivity index (χ3n) is 2.55. The fourth-order valence-corrected chi connectivity index (χ4v) is 1.25. The second-order valence-electron chi connectivity index (χ2n) is 5.52. The van der Waals surface area contributed by atoms with Crippen molar-refractivity contribution < 1.29 is 5.11 Å². The van der Waals surface area contributed by atoms with Gasteiger partial charge >= 0.3 is 0 Å². The molecule has 0 saturated carbocycles. The number of thioether (sulfide) groups is 1. The van der Waals surface area contributed by atoms with E-state index in [4.69, 9.17) is 0 Å². The first-order chi connectivity index (χ1) is 9.85. The second-order valence-corrected chi connectivity index (χ2v) is 6.47. The summed E-state index contributed by atoms with van der Waals surface area (Å²) in [5, 5.41) is 11.1. The van der Waals surface area contributed by atoms with Crippen molar-refractivity contribution >= 4 is 41.5 Å². The summed E-state index contributed by atoms with van der Waals surface area (Å²) in [6.07, 6.45) is 7.92. The van der Waals surface area contributed by atoms with Gasteiger partial charge in [0.15, 0.2) is 0 Å². The van der Waals surface area contributed by atoms with E-state index in [9.17, 15) is 5.11 Å². The van der Waals surface area contributed by atoms with E-state index in [0.29, 0.717) is 0 Å². The topological polar surface area (TPSA) is 32.6 Å². The van der Waals surface area contributed by atoms with Crippen LogP contribution in [-0.2, 0) is 0 Å². The van der Waals surface area contributed by atoms with Gasteiger partial charge in [0.2, 0.25) is 0 Å². The fraction of sp³-hybridized carbons (Fsp3) is 0.889. The molecule has 1 atom stereocenters. The van der Waals surface area contributed by atoms with Crippen LogP contribution in [0.15, 0.2) is 10.4 Å². The van der Waals surface area contributed by atoms with Gasteiger partial charge in [-0.15, -0.1) is 0 Å². The summed E-state index contributed by atoms with van der Waals surface area (Å²) in [5.41, 5.74) is -0.718. The van der Waals surface area contributed by atoms with Gasteiger partial charge in [-0.25, -0.2) is 4.99 Å². The smallest absolute Gasteiger partial charge is 0.137 e. The third kappa shape index (κ3) is 28.7. The Morgan fingerprint density at radius 3 is 1.32 bits per heavy atom. The van der Waals surface area contributed by atoms with Crippen LogP contribution in [0.2, 0.25) is 0 Å². The number of aliphatic imine (C=N–C) groups is 1. The van der Waals surface area contributed by atoms with Crippen LogP contribution in [0.5, 0.6) is 0 Å². The number of unbranched alkanes of at least 4 members (excludes halogenated alkanes) is 3. The summed E-state index contributed by atoms with van der Waals surface area (Å²) in [4.78, 5) is 3.91. The number of nitrogens with zero attached hydrogens (tertiary/aromatic N) is 1. The van der Waals surface area contributed by atoms with E-state index in [2.05, 4.69) is 52.4 Å². The molecule has 1 heterocycles. The molecule has 1 aliphatic heterocycles. The van der Waals surface area contributed by atoms with Crippen molar-refractivity contribution in [3.05, 3.63) is 5.41 Å². The van der Waals surface area contributed by atoms with E-state index in [1.807, 2.05) is 0 Å². The Morgan fingerprint density at radius 1 is 0.909 bits per heavy atom. The van der Waals surface area contributed by atoms with Crippen LogP contribution < -0.4 is 0 Å². The van der Waals surface area contributed by atoms with Crippen LogP contribution in [0.1, 0.15) is 93.9 Å². The predicted octanol–water partition coefficient (Wildman–Crippen LogP) is 6.05. The second kappa shape index (κ2) is 23.8. The van der Waals surface area contributed by atoms with Gasteiger partial charge in [0.05, 0.1) is 5.60 Å². The minimum Gasteiger partial charge on any atom is -0.387 e. The molecule has 0 aromatic carbocycles. The maximum absolute atomic E-state index is 9.34. The molecule has 22 heavy (non-hydrogen) atoms. The van der Waals surface area contributed by atoms with Crippen molar-refractivity contribution in [3.63, 3.8) is 0 Å². The quantitative estimate of drug-likeness (QED) is 0.544. The molecule has 0 aromatic rings. The fourth-order valence-electron chi connectivity index (χ4n) is 0.548. The normalized spacial score (nSPS) is 14.5. The number of hydrogen-bond donors (Lipinski definition) is 1. The van der Waals surface area contributed by atoms with Gasteiger partial charge in [0.25, 0.3) is 0 Å². The summed E-state index contributed by atoms with van der Waals surface area (Å²) in [6.45, 7) is 16.6. The van der Waals surface area contributed by atoms with Crippen LogP contribution in [0.4, 0.5) is 0 Å². The number of aliphatic hydroxyl groups is 1. The van der Waals surface area contributed by atoms with Crippen molar-refractivity contribution in [2.45, 2.75) is 105 Å². The summed E-state index contributed by atoms with van der Waals surface area (Å²) in [5.74, 6) is 2.68. The summed E-state index contributed by atoms with van der Waals surface area (Å²) < 4.78 is 0. The van der Waals surface area contributed by atoms with Gasteiger partial charge in [-0.2, -0.15) is 0 Å². The Balaban J connectivity index is -0.000000107. The molecular formula is C18H39NOSSn. The zero-order valence-corrected chi connectivity index (χ0v) is 19.9. The van der Waals surface area contributed by atoms with E-state index in [1.54, 1.807) is 19.3 Å². The molecule has 1 aliphatic rings. The molecule has 4 heteroatoms. The number of hydrogen-bond acceptors (Lipinski definition) is 3. The van der Waals surface area contributed by atoms with Crippen LogP contribution >= 0.6 is 11.8 Å². The molecule has 0 aliphatic carbocycles.